The monoisotopic (exact) mass is 289 g/mol. The summed E-state index contributed by atoms with van der Waals surface area (Å²) in [6.45, 7) is 4.11. The number of carboxylic acid groups (broad SMARTS) is 1. The fourth-order valence-electron chi connectivity index (χ4n) is 1.04. The van der Waals surface area contributed by atoms with Crippen molar-refractivity contribution in [1.82, 2.24) is 10.2 Å². The van der Waals surface area contributed by atoms with Crippen LogP contribution in [0.5, 0.6) is 0 Å². The van der Waals surface area contributed by atoms with Crippen molar-refractivity contribution >= 4 is 40.1 Å². The van der Waals surface area contributed by atoms with Crippen LogP contribution in [0.2, 0.25) is 0 Å². The highest BCUT2D eigenvalue weighted by atomic mass is 32.2. The van der Waals surface area contributed by atoms with Crippen molar-refractivity contribution in [1.29, 1.82) is 0 Å². The number of hydrogen-bond acceptors (Lipinski definition) is 6. The quantitative estimate of drug-likeness (QED) is 0.590. The first kappa shape index (κ1) is 14.9. The highest BCUT2D eigenvalue weighted by molar-refractivity contribution is 8.01. The normalized spacial score (nSPS) is 10.6. The largest absolute Gasteiger partial charge is 0.481 e. The third-order valence-corrected chi connectivity index (χ3v) is 3.88. The minimum Gasteiger partial charge on any atom is -0.481 e. The molecule has 0 fully saturated rings. The molecule has 1 rings (SSSR count). The molecule has 6 nitrogen and oxygen atoms in total. The third-order valence-electron chi connectivity index (χ3n) is 1.92. The summed E-state index contributed by atoms with van der Waals surface area (Å²) in [7, 11) is 0. The molecular formula is C10H15N3O3S2. The number of rotatable bonds is 7. The van der Waals surface area contributed by atoms with Crippen LogP contribution in [0.4, 0.5) is 5.13 Å². The van der Waals surface area contributed by atoms with Gasteiger partial charge in [0.1, 0.15) is 0 Å². The minimum atomic E-state index is -0.905. The number of nitrogens with one attached hydrogen (secondary N) is 1. The first-order valence-corrected chi connectivity index (χ1v) is 7.25. The Labute approximate surface area is 113 Å². The molecule has 0 aliphatic carbocycles. The number of amides is 1. The number of anilines is 1. The van der Waals surface area contributed by atoms with E-state index in [4.69, 9.17) is 5.11 Å². The molecule has 1 aromatic heterocycles. The third kappa shape index (κ3) is 5.97. The summed E-state index contributed by atoms with van der Waals surface area (Å²) >= 11 is 2.27. The zero-order valence-electron chi connectivity index (χ0n) is 10.2. The van der Waals surface area contributed by atoms with Crippen LogP contribution in [-0.4, -0.2) is 32.9 Å². The molecule has 0 saturated carbocycles. The van der Waals surface area contributed by atoms with Crippen LogP contribution in [0.15, 0.2) is 4.34 Å². The van der Waals surface area contributed by atoms with Crippen LogP contribution in [0.1, 0.15) is 26.7 Å². The summed E-state index contributed by atoms with van der Waals surface area (Å²) in [5.41, 5.74) is 0. The molecule has 100 valence electrons. The molecule has 0 radical (unpaired) electrons. The maximum absolute atomic E-state index is 11.5. The van der Waals surface area contributed by atoms with Crippen molar-refractivity contribution in [3.63, 3.8) is 0 Å². The molecule has 0 saturated heterocycles. The second-order valence-corrected chi connectivity index (χ2v) is 6.24. The summed E-state index contributed by atoms with van der Waals surface area (Å²) < 4.78 is 0.538. The van der Waals surface area contributed by atoms with E-state index < -0.39 is 5.97 Å². The zero-order valence-corrected chi connectivity index (χ0v) is 11.8. The van der Waals surface area contributed by atoms with Crippen LogP contribution < -0.4 is 5.32 Å². The number of nitrogens with zero attached hydrogens (tertiary/aromatic N) is 2. The number of aliphatic carboxylic acids is 1. The molecule has 0 spiro atoms. The SMILES string of the molecule is CC(C)CCC(=O)Nc1nnc(SCC(=O)O)s1. The Kier molecular flexibility index (Phi) is 6.06. The Morgan fingerprint density at radius 2 is 2.17 bits per heavy atom. The average Bonchev–Trinajstić information content (AvgIpc) is 2.71. The number of hydrogen-bond donors (Lipinski definition) is 2. The molecule has 1 heterocycles. The lowest BCUT2D eigenvalue weighted by Gasteiger charge is -2.03. The molecule has 0 unspecified atom stereocenters. The molecule has 2 N–H and O–H groups in total. The molecule has 18 heavy (non-hydrogen) atoms. The van der Waals surface area contributed by atoms with Gasteiger partial charge in [0.25, 0.3) is 0 Å². The van der Waals surface area contributed by atoms with E-state index in [1.807, 2.05) is 0 Å². The van der Waals surface area contributed by atoms with Gasteiger partial charge in [-0.25, -0.2) is 0 Å². The minimum absolute atomic E-state index is 0.0596. The predicted molar refractivity (Wildman–Crippen MR) is 71.0 cm³/mol. The molecular weight excluding hydrogens is 274 g/mol. The topological polar surface area (TPSA) is 92.2 Å². The first-order valence-electron chi connectivity index (χ1n) is 5.45. The number of carbonyl (C=O) groups is 2. The van der Waals surface area contributed by atoms with Crippen LogP contribution in [-0.2, 0) is 9.59 Å². The van der Waals surface area contributed by atoms with Crippen LogP contribution in [0, 0.1) is 5.92 Å². The van der Waals surface area contributed by atoms with Crippen molar-refractivity contribution in [3.05, 3.63) is 0 Å². The number of thioether (sulfide) groups is 1. The van der Waals surface area contributed by atoms with E-state index in [0.29, 0.717) is 21.8 Å². The molecule has 8 heteroatoms. The smallest absolute Gasteiger partial charge is 0.313 e. The fraction of sp³-hybridized carbons (Fsp3) is 0.600. The van der Waals surface area contributed by atoms with E-state index in [2.05, 4.69) is 29.4 Å². The van der Waals surface area contributed by atoms with Crippen LogP contribution in [0.3, 0.4) is 0 Å². The lowest BCUT2D eigenvalue weighted by Crippen LogP contribution is -2.11. The Balaban J connectivity index is 2.38. The molecule has 1 amide bonds. The van der Waals surface area contributed by atoms with E-state index in [0.717, 1.165) is 18.2 Å². The number of aromatic nitrogens is 2. The van der Waals surface area contributed by atoms with Gasteiger partial charge in [0.15, 0.2) is 4.34 Å². The van der Waals surface area contributed by atoms with Crippen molar-refractivity contribution in [2.45, 2.75) is 31.0 Å². The molecule has 0 aromatic carbocycles. The Morgan fingerprint density at radius 3 is 2.78 bits per heavy atom. The van der Waals surface area contributed by atoms with Gasteiger partial charge >= 0.3 is 5.97 Å². The van der Waals surface area contributed by atoms with E-state index >= 15 is 0 Å². The van der Waals surface area contributed by atoms with E-state index in [9.17, 15) is 9.59 Å². The van der Waals surface area contributed by atoms with Crippen molar-refractivity contribution < 1.29 is 14.7 Å². The van der Waals surface area contributed by atoms with E-state index in [1.165, 1.54) is 11.3 Å². The van der Waals surface area contributed by atoms with Crippen molar-refractivity contribution in [2.75, 3.05) is 11.1 Å². The van der Waals surface area contributed by atoms with Gasteiger partial charge in [-0.05, 0) is 12.3 Å². The van der Waals surface area contributed by atoms with Crippen LogP contribution in [0.25, 0.3) is 0 Å². The van der Waals surface area contributed by atoms with E-state index in [-0.39, 0.29) is 11.7 Å². The van der Waals surface area contributed by atoms with Crippen LogP contribution >= 0.6 is 23.1 Å². The summed E-state index contributed by atoms with van der Waals surface area (Å²) in [5.74, 6) is -0.574. The lowest BCUT2D eigenvalue weighted by molar-refractivity contribution is -0.133. The van der Waals surface area contributed by atoms with E-state index in [1.54, 1.807) is 0 Å². The standard InChI is InChI=1S/C10H15N3O3S2/c1-6(2)3-4-7(14)11-9-12-13-10(18-9)17-5-8(15)16/h6H,3-5H2,1-2H3,(H,15,16)(H,11,12,14). The summed E-state index contributed by atoms with van der Waals surface area (Å²) in [4.78, 5) is 21.9. The predicted octanol–water partition coefficient (Wildman–Crippen LogP) is 2.09. The first-order chi connectivity index (χ1) is 8.47. The van der Waals surface area contributed by atoms with Crippen molar-refractivity contribution in [3.8, 4) is 0 Å². The average molecular weight is 289 g/mol. The Hall–Kier alpha value is -1.15. The fourth-order valence-corrected chi connectivity index (χ4v) is 2.53. The van der Waals surface area contributed by atoms with Gasteiger partial charge in [-0.1, -0.05) is 36.9 Å². The number of carbonyl (C=O) groups excluding carboxylic acids is 1. The zero-order chi connectivity index (χ0) is 13.5. The molecule has 1 aromatic rings. The molecule has 0 aliphatic heterocycles. The van der Waals surface area contributed by atoms with Crippen molar-refractivity contribution in [2.24, 2.45) is 5.92 Å². The number of carboxylic acids is 1. The highest BCUT2D eigenvalue weighted by Crippen LogP contribution is 2.25. The Bertz CT molecular complexity index is 420. The molecule has 0 bridgehead atoms. The summed E-state index contributed by atoms with van der Waals surface area (Å²) in [6, 6.07) is 0. The second-order valence-electron chi connectivity index (χ2n) is 4.04. The van der Waals surface area contributed by atoms with Gasteiger partial charge in [-0.15, -0.1) is 10.2 Å². The van der Waals surface area contributed by atoms with Gasteiger partial charge in [0, 0.05) is 6.42 Å². The van der Waals surface area contributed by atoms with Gasteiger partial charge < -0.3 is 10.4 Å². The Morgan fingerprint density at radius 1 is 1.44 bits per heavy atom. The van der Waals surface area contributed by atoms with Gasteiger partial charge in [-0.3, -0.25) is 9.59 Å². The maximum atomic E-state index is 11.5. The molecule has 0 atom stereocenters. The van der Waals surface area contributed by atoms with Gasteiger partial charge in [-0.2, -0.15) is 0 Å². The summed E-state index contributed by atoms with van der Waals surface area (Å²) in [6.07, 6.45) is 1.28. The molecule has 0 aliphatic rings. The highest BCUT2D eigenvalue weighted by Gasteiger charge is 2.10. The van der Waals surface area contributed by atoms with Gasteiger partial charge in [0.2, 0.25) is 11.0 Å². The maximum Gasteiger partial charge on any atom is 0.313 e. The lowest BCUT2D eigenvalue weighted by atomic mass is 10.1. The summed E-state index contributed by atoms with van der Waals surface area (Å²) in [5, 5.41) is 19.2. The second kappa shape index (κ2) is 7.32. The van der Waals surface area contributed by atoms with Gasteiger partial charge in [0.05, 0.1) is 5.75 Å².